The van der Waals surface area contributed by atoms with Crippen LogP contribution >= 0.6 is 0 Å². The van der Waals surface area contributed by atoms with Crippen LogP contribution in [0, 0.1) is 0 Å². The molecule has 0 saturated carbocycles. The quantitative estimate of drug-likeness (QED) is 0.485. The molecule has 1 aromatic carbocycles. The lowest BCUT2D eigenvalue weighted by Gasteiger charge is -2.37. The van der Waals surface area contributed by atoms with Crippen LogP contribution in [-0.4, -0.2) is 45.2 Å². The van der Waals surface area contributed by atoms with E-state index >= 15 is 0 Å². The Morgan fingerprint density at radius 3 is 2.69 bits per heavy atom. The molecule has 0 bridgehead atoms. The summed E-state index contributed by atoms with van der Waals surface area (Å²) in [5.74, 6) is 0.415. The second kappa shape index (κ2) is 6.59. The molecular formula is C21H22N6O2. The van der Waals surface area contributed by atoms with Gasteiger partial charge in [-0.2, -0.15) is 0 Å². The van der Waals surface area contributed by atoms with Gasteiger partial charge in [-0.05, 0) is 38.1 Å². The molecule has 0 amide bonds. The van der Waals surface area contributed by atoms with Crippen molar-refractivity contribution in [2.45, 2.75) is 26.1 Å². The fourth-order valence-electron chi connectivity index (χ4n) is 4.19. The summed E-state index contributed by atoms with van der Waals surface area (Å²) in [7, 11) is 0. The van der Waals surface area contributed by atoms with E-state index in [0.29, 0.717) is 33.8 Å². The molecule has 1 aliphatic rings. The zero-order valence-electron chi connectivity index (χ0n) is 16.3. The van der Waals surface area contributed by atoms with E-state index in [-0.39, 0.29) is 17.8 Å². The van der Waals surface area contributed by atoms with E-state index in [1.54, 1.807) is 12.3 Å². The number of nitrogens with zero attached hydrogens (tertiary/aromatic N) is 3. The van der Waals surface area contributed by atoms with Gasteiger partial charge in [-0.3, -0.25) is 4.79 Å². The number of hydrogen-bond donors (Lipinski definition) is 3. The van der Waals surface area contributed by atoms with Crippen LogP contribution in [0.15, 0.2) is 41.3 Å². The number of H-pyrrole nitrogens is 2. The van der Waals surface area contributed by atoms with Gasteiger partial charge >= 0.3 is 0 Å². The van der Waals surface area contributed by atoms with Crippen molar-refractivity contribution in [3.05, 3.63) is 46.9 Å². The molecule has 2 atom stereocenters. The van der Waals surface area contributed by atoms with Crippen molar-refractivity contribution >= 4 is 33.4 Å². The Morgan fingerprint density at radius 2 is 1.93 bits per heavy atom. The third-order valence-corrected chi connectivity index (χ3v) is 5.31. The van der Waals surface area contributed by atoms with Crippen LogP contribution in [0.5, 0.6) is 0 Å². The molecule has 148 valence electrons. The SMILES string of the molecule is C[C@@H]1CN(c2cccc3[nH]c(=O)c(-c4nc5cccnc5[nH]4)c(N)c23)C[C@H](C)O1. The molecule has 8 nitrogen and oxygen atoms in total. The van der Waals surface area contributed by atoms with Crippen LogP contribution in [0.3, 0.4) is 0 Å². The van der Waals surface area contributed by atoms with E-state index in [1.807, 2.05) is 24.3 Å². The molecule has 0 unspecified atom stereocenters. The number of morpholine rings is 1. The van der Waals surface area contributed by atoms with Crippen molar-refractivity contribution in [2.75, 3.05) is 23.7 Å². The van der Waals surface area contributed by atoms with Gasteiger partial charge in [0, 0.05) is 30.4 Å². The number of anilines is 2. The van der Waals surface area contributed by atoms with Gasteiger partial charge in [0.2, 0.25) is 0 Å². The number of fused-ring (bicyclic) bond motifs is 2. The highest BCUT2D eigenvalue weighted by atomic mass is 16.5. The van der Waals surface area contributed by atoms with Crippen LogP contribution < -0.4 is 16.2 Å². The minimum atomic E-state index is -0.282. The number of nitrogens with two attached hydrogens (primary N) is 1. The predicted octanol–water partition coefficient (Wildman–Crippen LogP) is 2.66. The van der Waals surface area contributed by atoms with Crippen molar-refractivity contribution in [3.8, 4) is 11.4 Å². The van der Waals surface area contributed by atoms with Gasteiger partial charge in [0.15, 0.2) is 5.65 Å². The summed E-state index contributed by atoms with van der Waals surface area (Å²) in [4.78, 5) is 30.0. The molecule has 4 N–H and O–H groups in total. The van der Waals surface area contributed by atoms with Crippen molar-refractivity contribution in [1.29, 1.82) is 0 Å². The smallest absolute Gasteiger partial charge is 0.261 e. The molecule has 0 aliphatic carbocycles. The highest BCUT2D eigenvalue weighted by molar-refractivity contribution is 6.05. The van der Waals surface area contributed by atoms with Crippen LogP contribution in [0.25, 0.3) is 33.5 Å². The van der Waals surface area contributed by atoms with Gasteiger partial charge in [0.05, 0.1) is 23.4 Å². The summed E-state index contributed by atoms with van der Waals surface area (Å²) in [5, 5.41) is 0.816. The third-order valence-electron chi connectivity index (χ3n) is 5.31. The van der Waals surface area contributed by atoms with E-state index < -0.39 is 0 Å². The second-order valence-electron chi connectivity index (χ2n) is 7.56. The standard InChI is InChI=1S/C21H22N6O2/c1-11-9-27(10-12(2)29-11)15-7-3-5-13-16(15)18(22)17(21(28)25-13)20-24-14-6-4-8-23-19(14)26-20/h3-8,11-12H,9-10H2,1-2H3,(H3,22,25,28)(H,23,24,26)/t11-,12+. The fourth-order valence-corrected chi connectivity index (χ4v) is 4.19. The summed E-state index contributed by atoms with van der Waals surface area (Å²) in [6.45, 7) is 5.63. The van der Waals surface area contributed by atoms with Crippen LogP contribution in [0.1, 0.15) is 13.8 Å². The molecule has 1 fully saturated rings. The van der Waals surface area contributed by atoms with E-state index in [1.165, 1.54) is 0 Å². The van der Waals surface area contributed by atoms with Crippen molar-refractivity contribution in [3.63, 3.8) is 0 Å². The number of ether oxygens (including phenoxy) is 1. The number of rotatable bonds is 2. The average molecular weight is 390 g/mol. The monoisotopic (exact) mass is 390 g/mol. The molecule has 4 heterocycles. The maximum absolute atomic E-state index is 12.9. The normalized spacial score (nSPS) is 19.9. The number of imidazole rings is 1. The minimum Gasteiger partial charge on any atom is -0.397 e. The highest BCUT2D eigenvalue weighted by Gasteiger charge is 2.25. The third kappa shape index (κ3) is 2.92. The lowest BCUT2D eigenvalue weighted by atomic mass is 10.0. The lowest BCUT2D eigenvalue weighted by molar-refractivity contribution is -0.00513. The molecule has 0 radical (unpaired) electrons. The summed E-state index contributed by atoms with van der Waals surface area (Å²) < 4.78 is 5.87. The Bertz CT molecular complexity index is 1230. The Hall–Kier alpha value is -3.39. The summed E-state index contributed by atoms with van der Waals surface area (Å²) in [6.07, 6.45) is 1.90. The molecule has 3 aromatic heterocycles. The second-order valence-corrected chi connectivity index (χ2v) is 7.56. The van der Waals surface area contributed by atoms with Crippen LogP contribution in [-0.2, 0) is 4.74 Å². The first-order valence-corrected chi connectivity index (χ1v) is 9.67. The Morgan fingerprint density at radius 1 is 1.14 bits per heavy atom. The number of hydrogen-bond acceptors (Lipinski definition) is 6. The molecule has 8 heteroatoms. The van der Waals surface area contributed by atoms with Gasteiger partial charge < -0.3 is 25.3 Å². The van der Waals surface area contributed by atoms with Gasteiger partial charge in [0.1, 0.15) is 16.9 Å². The Balaban J connectivity index is 1.73. The Kier molecular flexibility index (Phi) is 4.02. The number of nitrogens with one attached hydrogen (secondary N) is 2. The van der Waals surface area contributed by atoms with E-state index in [9.17, 15) is 4.79 Å². The van der Waals surface area contributed by atoms with Gasteiger partial charge in [-0.15, -0.1) is 0 Å². The van der Waals surface area contributed by atoms with Gasteiger partial charge in [-0.25, -0.2) is 9.97 Å². The molecule has 1 aliphatic heterocycles. The molecule has 4 aromatic rings. The molecule has 1 saturated heterocycles. The highest BCUT2D eigenvalue weighted by Crippen LogP contribution is 2.35. The maximum Gasteiger partial charge on any atom is 0.261 e. The molecular weight excluding hydrogens is 368 g/mol. The van der Waals surface area contributed by atoms with Crippen LogP contribution in [0.2, 0.25) is 0 Å². The van der Waals surface area contributed by atoms with Crippen LogP contribution in [0.4, 0.5) is 11.4 Å². The average Bonchev–Trinajstić information content (AvgIpc) is 3.10. The Labute approximate surface area is 166 Å². The van der Waals surface area contributed by atoms with Crippen molar-refractivity contribution in [2.24, 2.45) is 0 Å². The van der Waals surface area contributed by atoms with Crippen molar-refractivity contribution in [1.82, 2.24) is 19.9 Å². The molecule has 29 heavy (non-hydrogen) atoms. The number of aromatic amines is 2. The zero-order valence-corrected chi connectivity index (χ0v) is 16.3. The van der Waals surface area contributed by atoms with E-state index in [0.717, 1.165) is 24.2 Å². The minimum absolute atomic E-state index is 0.110. The number of benzene rings is 1. The first kappa shape index (κ1) is 17.7. The largest absolute Gasteiger partial charge is 0.397 e. The first-order chi connectivity index (χ1) is 14.0. The van der Waals surface area contributed by atoms with E-state index in [2.05, 4.69) is 38.7 Å². The topological polar surface area (TPSA) is 113 Å². The van der Waals surface area contributed by atoms with E-state index in [4.69, 9.17) is 10.5 Å². The number of aromatic nitrogens is 4. The summed E-state index contributed by atoms with van der Waals surface area (Å²) >= 11 is 0. The zero-order chi connectivity index (χ0) is 20.1. The first-order valence-electron chi connectivity index (χ1n) is 9.67. The predicted molar refractivity (Wildman–Crippen MR) is 114 cm³/mol. The number of nitrogen functional groups attached to an aromatic ring is 1. The fraction of sp³-hybridized carbons (Fsp3) is 0.286. The van der Waals surface area contributed by atoms with Gasteiger partial charge in [-0.1, -0.05) is 6.07 Å². The summed E-state index contributed by atoms with van der Waals surface area (Å²) in [6, 6.07) is 9.48. The lowest BCUT2D eigenvalue weighted by Crippen LogP contribution is -2.45. The summed E-state index contributed by atoms with van der Waals surface area (Å²) in [5.41, 5.74) is 10.0. The molecule has 5 rings (SSSR count). The van der Waals surface area contributed by atoms with Gasteiger partial charge in [0.25, 0.3) is 5.56 Å². The number of pyridine rings is 2. The molecule has 0 spiro atoms. The van der Waals surface area contributed by atoms with Crippen molar-refractivity contribution < 1.29 is 4.74 Å². The maximum atomic E-state index is 12.9.